The number of hydrogen-bond donors (Lipinski definition) is 1. The largest absolute Gasteiger partial charge is 0.317 e. The molecular formula is C16H23Cl2N3. The Labute approximate surface area is 138 Å². The molecule has 1 aromatic carbocycles. The smallest absolute Gasteiger partial charge is 0.0705 e. The van der Waals surface area contributed by atoms with Gasteiger partial charge in [-0.2, -0.15) is 0 Å². The lowest BCUT2D eigenvalue weighted by atomic mass is 10.1. The van der Waals surface area contributed by atoms with Gasteiger partial charge in [-0.3, -0.25) is 9.88 Å². The van der Waals surface area contributed by atoms with E-state index in [9.17, 15) is 0 Å². The van der Waals surface area contributed by atoms with Crippen LogP contribution in [0.2, 0.25) is 0 Å². The summed E-state index contributed by atoms with van der Waals surface area (Å²) >= 11 is 0. The molecule has 0 radical (unpaired) electrons. The van der Waals surface area contributed by atoms with E-state index in [1.807, 2.05) is 0 Å². The Morgan fingerprint density at radius 3 is 2.57 bits per heavy atom. The molecular weight excluding hydrogens is 305 g/mol. The monoisotopic (exact) mass is 327 g/mol. The van der Waals surface area contributed by atoms with E-state index in [1.165, 1.54) is 23.9 Å². The molecule has 3 rings (SSSR count). The molecule has 21 heavy (non-hydrogen) atoms. The molecule has 1 aromatic heterocycles. The number of fused-ring (bicyclic) bond motifs is 1. The maximum absolute atomic E-state index is 4.75. The van der Waals surface area contributed by atoms with Gasteiger partial charge in [-0.25, -0.2) is 0 Å². The molecule has 0 unspecified atom stereocenters. The van der Waals surface area contributed by atoms with Gasteiger partial charge in [0.05, 0.1) is 11.2 Å². The van der Waals surface area contributed by atoms with E-state index >= 15 is 0 Å². The first-order valence-electron chi connectivity index (χ1n) is 7.08. The van der Waals surface area contributed by atoms with E-state index in [0.717, 1.165) is 25.2 Å². The highest BCUT2D eigenvalue weighted by Gasteiger charge is 2.17. The van der Waals surface area contributed by atoms with Crippen LogP contribution in [0.25, 0.3) is 10.9 Å². The molecule has 3 nitrogen and oxygen atoms in total. The third-order valence-corrected chi connectivity index (χ3v) is 4.00. The van der Waals surface area contributed by atoms with Crippen LogP contribution < -0.4 is 5.32 Å². The number of nitrogens with zero attached hydrogens (tertiary/aromatic N) is 2. The van der Waals surface area contributed by atoms with Crippen molar-refractivity contribution in [2.75, 3.05) is 20.1 Å². The zero-order valence-electron chi connectivity index (χ0n) is 12.3. The van der Waals surface area contributed by atoms with Crippen molar-refractivity contribution < 1.29 is 0 Å². The van der Waals surface area contributed by atoms with E-state index in [-0.39, 0.29) is 24.8 Å². The Hall–Kier alpha value is -0.870. The topological polar surface area (TPSA) is 28.2 Å². The molecule has 0 spiro atoms. The second kappa shape index (κ2) is 8.54. The standard InChI is InChI=1S/C16H21N3.2ClH/c1-19(15-8-10-17-11-9-15)12-14-7-6-13-4-2-3-5-16(13)18-14;;/h2-7,15,17H,8-12H2,1H3;2*1H. The van der Waals surface area contributed by atoms with Crippen molar-refractivity contribution in [3.05, 3.63) is 42.1 Å². The summed E-state index contributed by atoms with van der Waals surface area (Å²) in [6, 6.07) is 13.3. The van der Waals surface area contributed by atoms with Gasteiger partial charge < -0.3 is 5.32 Å². The average Bonchev–Trinajstić information content (AvgIpc) is 2.48. The molecule has 0 amide bonds. The predicted octanol–water partition coefficient (Wildman–Crippen LogP) is 3.26. The first kappa shape index (κ1) is 18.2. The van der Waals surface area contributed by atoms with Crippen molar-refractivity contribution >= 4 is 35.7 Å². The molecule has 5 heteroatoms. The molecule has 1 aliphatic rings. The third-order valence-electron chi connectivity index (χ3n) is 4.00. The van der Waals surface area contributed by atoms with E-state index in [2.05, 4.69) is 53.7 Å². The molecule has 0 aliphatic carbocycles. The third kappa shape index (κ3) is 4.55. The number of halogens is 2. The summed E-state index contributed by atoms with van der Waals surface area (Å²) in [6.07, 6.45) is 2.48. The second-order valence-electron chi connectivity index (χ2n) is 5.39. The first-order chi connectivity index (χ1) is 9.33. The summed E-state index contributed by atoms with van der Waals surface area (Å²) in [4.78, 5) is 7.20. The van der Waals surface area contributed by atoms with E-state index in [0.29, 0.717) is 6.04 Å². The summed E-state index contributed by atoms with van der Waals surface area (Å²) < 4.78 is 0. The van der Waals surface area contributed by atoms with Crippen LogP contribution in [0.3, 0.4) is 0 Å². The zero-order valence-corrected chi connectivity index (χ0v) is 13.9. The van der Waals surface area contributed by atoms with Crippen LogP contribution in [0.1, 0.15) is 18.5 Å². The highest BCUT2D eigenvalue weighted by atomic mass is 35.5. The number of nitrogens with one attached hydrogen (secondary N) is 1. The van der Waals surface area contributed by atoms with Gasteiger partial charge in [0, 0.05) is 18.0 Å². The van der Waals surface area contributed by atoms with Crippen LogP contribution in [-0.2, 0) is 6.54 Å². The predicted molar refractivity (Wildman–Crippen MR) is 93.6 cm³/mol. The minimum absolute atomic E-state index is 0. The minimum Gasteiger partial charge on any atom is -0.317 e. The van der Waals surface area contributed by atoms with Crippen molar-refractivity contribution in [1.29, 1.82) is 0 Å². The summed E-state index contributed by atoms with van der Waals surface area (Å²) in [5.74, 6) is 0. The molecule has 0 bridgehead atoms. The molecule has 116 valence electrons. The zero-order chi connectivity index (χ0) is 13.1. The van der Waals surface area contributed by atoms with E-state index in [1.54, 1.807) is 0 Å². The molecule has 1 N–H and O–H groups in total. The van der Waals surface area contributed by atoms with E-state index < -0.39 is 0 Å². The second-order valence-corrected chi connectivity index (χ2v) is 5.39. The normalized spacial score (nSPS) is 15.5. The number of aromatic nitrogens is 1. The fourth-order valence-corrected chi connectivity index (χ4v) is 2.83. The van der Waals surface area contributed by atoms with Crippen molar-refractivity contribution in [1.82, 2.24) is 15.2 Å². The van der Waals surface area contributed by atoms with Crippen LogP contribution in [0, 0.1) is 0 Å². The van der Waals surface area contributed by atoms with Crippen LogP contribution in [0.4, 0.5) is 0 Å². The number of benzene rings is 1. The maximum atomic E-state index is 4.75. The number of pyridine rings is 1. The maximum Gasteiger partial charge on any atom is 0.0705 e. The van der Waals surface area contributed by atoms with E-state index in [4.69, 9.17) is 4.98 Å². The van der Waals surface area contributed by atoms with Gasteiger partial charge in [0.15, 0.2) is 0 Å². The SMILES string of the molecule is CN(Cc1ccc2ccccc2n1)C1CCNCC1.Cl.Cl. The molecule has 0 saturated carbocycles. The molecule has 1 fully saturated rings. The number of rotatable bonds is 3. The highest BCUT2D eigenvalue weighted by molar-refractivity contribution is 5.85. The van der Waals surface area contributed by atoms with Gasteiger partial charge >= 0.3 is 0 Å². The fraction of sp³-hybridized carbons (Fsp3) is 0.438. The lowest BCUT2D eigenvalue weighted by molar-refractivity contribution is 0.190. The van der Waals surface area contributed by atoms with Crippen molar-refractivity contribution in [2.45, 2.75) is 25.4 Å². The lowest BCUT2D eigenvalue weighted by Gasteiger charge is -2.31. The van der Waals surface area contributed by atoms with Gasteiger partial charge in [0.2, 0.25) is 0 Å². The van der Waals surface area contributed by atoms with Crippen LogP contribution >= 0.6 is 24.8 Å². The average molecular weight is 328 g/mol. The molecule has 0 atom stereocenters. The van der Waals surface area contributed by atoms with Crippen LogP contribution in [0.15, 0.2) is 36.4 Å². The van der Waals surface area contributed by atoms with Gasteiger partial charge in [-0.1, -0.05) is 24.3 Å². The molecule has 2 aromatic rings. The van der Waals surface area contributed by atoms with Crippen molar-refractivity contribution in [2.24, 2.45) is 0 Å². The number of hydrogen-bond acceptors (Lipinski definition) is 3. The van der Waals surface area contributed by atoms with Gasteiger partial charge in [0.1, 0.15) is 0 Å². The Morgan fingerprint density at radius 2 is 1.81 bits per heavy atom. The summed E-state index contributed by atoms with van der Waals surface area (Å²) in [6.45, 7) is 3.22. The number of para-hydroxylation sites is 1. The van der Waals surface area contributed by atoms with Crippen LogP contribution in [-0.4, -0.2) is 36.1 Å². The quantitative estimate of drug-likeness (QED) is 0.937. The van der Waals surface area contributed by atoms with Gasteiger partial charge in [0.25, 0.3) is 0 Å². The Balaban J connectivity index is 0.00000110. The lowest BCUT2D eigenvalue weighted by Crippen LogP contribution is -2.40. The number of piperidine rings is 1. The van der Waals surface area contributed by atoms with Gasteiger partial charge in [-0.15, -0.1) is 24.8 Å². The Kier molecular flexibility index (Phi) is 7.40. The Bertz CT molecular complexity index is 556. The Morgan fingerprint density at radius 1 is 1.10 bits per heavy atom. The summed E-state index contributed by atoms with van der Waals surface area (Å²) in [5.41, 5.74) is 2.26. The fourth-order valence-electron chi connectivity index (χ4n) is 2.83. The minimum atomic E-state index is 0. The highest BCUT2D eigenvalue weighted by Crippen LogP contribution is 2.16. The molecule has 2 heterocycles. The van der Waals surface area contributed by atoms with Gasteiger partial charge in [-0.05, 0) is 45.1 Å². The van der Waals surface area contributed by atoms with Crippen LogP contribution in [0.5, 0.6) is 0 Å². The first-order valence-corrected chi connectivity index (χ1v) is 7.08. The van der Waals surface area contributed by atoms with Crippen molar-refractivity contribution in [3.63, 3.8) is 0 Å². The van der Waals surface area contributed by atoms with Crippen molar-refractivity contribution in [3.8, 4) is 0 Å². The summed E-state index contributed by atoms with van der Waals surface area (Å²) in [7, 11) is 2.22. The molecule has 1 saturated heterocycles. The molecule has 1 aliphatic heterocycles. The summed E-state index contributed by atoms with van der Waals surface area (Å²) in [5, 5.41) is 4.63.